The quantitative estimate of drug-likeness (QED) is 0.766. The molecular formula is C22H33N3O3. The Morgan fingerprint density at radius 2 is 1.93 bits per heavy atom. The van der Waals surface area contributed by atoms with E-state index in [0.717, 1.165) is 36.0 Å². The van der Waals surface area contributed by atoms with E-state index in [1.54, 1.807) is 7.11 Å². The highest BCUT2D eigenvalue weighted by Crippen LogP contribution is 2.29. The van der Waals surface area contributed by atoms with Crippen LogP contribution < -0.4 is 15.4 Å². The number of amides is 1. The molecule has 0 atom stereocenters. The van der Waals surface area contributed by atoms with Crippen molar-refractivity contribution in [3.05, 3.63) is 30.5 Å². The highest BCUT2D eigenvalue weighted by atomic mass is 16.5. The highest BCUT2D eigenvalue weighted by molar-refractivity contribution is 5.87. The number of piperidine rings is 1. The van der Waals surface area contributed by atoms with Gasteiger partial charge in [0, 0.05) is 42.4 Å². The van der Waals surface area contributed by atoms with E-state index in [9.17, 15) is 4.79 Å². The third-order valence-electron chi connectivity index (χ3n) is 5.22. The largest absolute Gasteiger partial charge is 0.483 e. The van der Waals surface area contributed by atoms with Gasteiger partial charge in [-0.05, 0) is 58.7 Å². The van der Waals surface area contributed by atoms with Crippen LogP contribution in [0, 0.1) is 0 Å². The minimum atomic E-state index is -0.0747. The number of rotatable bonds is 7. The third kappa shape index (κ3) is 5.06. The zero-order valence-corrected chi connectivity index (χ0v) is 17.7. The molecule has 0 bridgehead atoms. The lowest BCUT2D eigenvalue weighted by Gasteiger charge is -2.46. The number of hydrogen-bond donors (Lipinski definition) is 2. The second kappa shape index (κ2) is 8.13. The lowest BCUT2D eigenvalue weighted by molar-refractivity contribution is -0.124. The molecule has 2 aromatic rings. The lowest BCUT2D eigenvalue weighted by atomic mass is 9.79. The fourth-order valence-corrected chi connectivity index (χ4v) is 4.54. The van der Waals surface area contributed by atoms with Gasteiger partial charge in [0.05, 0.1) is 12.1 Å². The van der Waals surface area contributed by atoms with Crippen LogP contribution in [0.25, 0.3) is 10.9 Å². The van der Waals surface area contributed by atoms with Crippen molar-refractivity contribution in [2.24, 2.45) is 0 Å². The van der Waals surface area contributed by atoms with Crippen molar-refractivity contribution in [2.45, 2.75) is 64.2 Å². The Morgan fingerprint density at radius 3 is 2.61 bits per heavy atom. The van der Waals surface area contributed by atoms with Gasteiger partial charge in [0.25, 0.3) is 5.91 Å². The van der Waals surface area contributed by atoms with E-state index in [-0.39, 0.29) is 29.6 Å². The van der Waals surface area contributed by atoms with Crippen molar-refractivity contribution in [1.29, 1.82) is 0 Å². The number of carbonyl (C=O) groups excluding carboxylic acids is 1. The summed E-state index contributed by atoms with van der Waals surface area (Å²) in [6.45, 7) is 10.2. The van der Waals surface area contributed by atoms with Crippen molar-refractivity contribution in [2.75, 3.05) is 20.3 Å². The van der Waals surface area contributed by atoms with Gasteiger partial charge in [-0.25, -0.2) is 0 Å². The standard InChI is InChI=1S/C22H33N3O3/c1-21(2)13-16(14-22(3,4)24-21)23-20(26)15-28-19-8-6-7-18-17(19)9-10-25(18)11-12-27-5/h6-10,16,24H,11-15H2,1-5H3,(H,23,26). The van der Waals surface area contributed by atoms with Crippen LogP contribution in [0.4, 0.5) is 0 Å². The molecule has 1 aromatic carbocycles. The van der Waals surface area contributed by atoms with Crippen molar-refractivity contribution in [3.63, 3.8) is 0 Å². The van der Waals surface area contributed by atoms with Gasteiger partial charge in [-0.1, -0.05) is 6.07 Å². The Hall–Kier alpha value is -2.05. The lowest BCUT2D eigenvalue weighted by Crippen LogP contribution is -2.62. The Balaban J connectivity index is 1.61. The van der Waals surface area contributed by atoms with Gasteiger partial charge in [0.1, 0.15) is 5.75 Å². The van der Waals surface area contributed by atoms with Gasteiger partial charge < -0.3 is 24.7 Å². The van der Waals surface area contributed by atoms with Crippen LogP contribution >= 0.6 is 0 Å². The SMILES string of the molecule is COCCn1ccc2c(OCC(=O)NC3CC(C)(C)NC(C)(C)C3)cccc21. The molecule has 28 heavy (non-hydrogen) atoms. The maximum Gasteiger partial charge on any atom is 0.258 e. The number of fused-ring (bicyclic) bond motifs is 1. The molecule has 1 saturated heterocycles. The summed E-state index contributed by atoms with van der Waals surface area (Å²) < 4.78 is 13.2. The topological polar surface area (TPSA) is 64.5 Å². The van der Waals surface area contributed by atoms with Crippen LogP contribution in [0.2, 0.25) is 0 Å². The summed E-state index contributed by atoms with van der Waals surface area (Å²) in [6, 6.07) is 8.09. The van der Waals surface area contributed by atoms with E-state index in [1.165, 1.54) is 0 Å². The minimum Gasteiger partial charge on any atom is -0.483 e. The molecule has 3 rings (SSSR count). The summed E-state index contributed by atoms with van der Waals surface area (Å²) in [6.07, 6.45) is 3.83. The summed E-state index contributed by atoms with van der Waals surface area (Å²) in [5, 5.41) is 7.80. The average Bonchev–Trinajstić information content (AvgIpc) is 2.99. The fourth-order valence-electron chi connectivity index (χ4n) is 4.54. The first-order valence-electron chi connectivity index (χ1n) is 9.97. The fraction of sp³-hybridized carbons (Fsp3) is 0.591. The number of carbonyl (C=O) groups is 1. The van der Waals surface area contributed by atoms with E-state index >= 15 is 0 Å². The summed E-state index contributed by atoms with van der Waals surface area (Å²) in [5.41, 5.74) is 1.07. The van der Waals surface area contributed by atoms with E-state index in [0.29, 0.717) is 6.61 Å². The van der Waals surface area contributed by atoms with Crippen molar-refractivity contribution < 1.29 is 14.3 Å². The molecule has 0 aliphatic carbocycles. The summed E-state index contributed by atoms with van der Waals surface area (Å²) in [7, 11) is 1.70. The molecule has 1 aliphatic heterocycles. The summed E-state index contributed by atoms with van der Waals surface area (Å²) in [4.78, 5) is 12.5. The van der Waals surface area contributed by atoms with Crippen molar-refractivity contribution in [1.82, 2.24) is 15.2 Å². The Morgan fingerprint density at radius 1 is 1.21 bits per heavy atom. The minimum absolute atomic E-state index is 0.00271. The Kier molecular flexibility index (Phi) is 6.01. The molecule has 0 unspecified atom stereocenters. The van der Waals surface area contributed by atoms with Gasteiger partial charge in [-0.15, -0.1) is 0 Å². The van der Waals surface area contributed by atoms with Crippen molar-refractivity contribution in [3.8, 4) is 5.75 Å². The van der Waals surface area contributed by atoms with Gasteiger partial charge in [-0.3, -0.25) is 4.79 Å². The molecule has 1 amide bonds. The van der Waals surface area contributed by atoms with Crippen LogP contribution in [-0.2, 0) is 16.1 Å². The predicted molar refractivity (Wildman–Crippen MR) is 112 cm³/mol. The molecule has 1 aliphatic rings. The van der Waals surface area contributed by atoms with E-state index in [1.807, 2.05) is 24.4 Å². The molecule has 0 saturated carbocycles. The molecular weight excluding hydrogens is 354 g/mol. The number of nitrogens with zero attached hydrogens (tertiary/aromatic N) is 1. The van der Waals surface area contributed by atoms with Crippen LogP contribution in [0.15, 0.2) is 30.5 Å². The summed E-state index contributed by atoms with van der Waals surface area (Å²) in [5.74, 6) is 0.657. The Labute approximate surface area is 167 Å². The zero-order chi connectivity index (χ0) is 20.4. The van der Waals surface area contributed by atoms with Crippen LogP contribution in [-0.4, -0.2) is 47.9 Å². The highest BCUT2D eigenvalue weighted by Gasteiger charge is 2.38. The zero-order valence-electron chi connectivity index (χ0n) is 17.7. The smallest absolute Gasteiger partial charge is 0.258 e. The second-order valence-electron chi connectivity index (χ2n) is 9.05. The first-order valence-corrected chi connectivity index (χ1v) is 9.97. The first-order chi connectivity index (χ1) is 13.2. The normalized spacial score (nSPS) is 18.9. The van der Waals surface area contributed by atoms with Crippen LogP contribution in [0.1, 0.15) is 40.5 Å². The number of nitrogens with one attached hydrogen (secondary N) is 2. The number of benzene rings is 1. The van der Waals surface area contributed by atoms with Crippen LogP contribution in [0.3, 0.4) is 0 Å². The first kappa shape index (κ1) is 20.7. The molecule has 1 fully saturated rings. The van der Waals surface area contributed by atoms with E-state index in [2.05, 4.69) is 49.0 Å². The molecule has 2 N–H and O–H groups in total. The van der Waals surface area contributed by atoms with Gasteiger partial charge in [0.2, 0.25) is 0 Å². The van der Waals surface area contributed by atoms with Gasteiger partial charge >= 0.3 is 0 Å². The number of methoxy groups -OCH3 is 1. The van der Waals surface area contributed by atoms with Crippen LogP contribution in [0.5, 0.6) is 5.75 Å². The molecule has 2 heterocycles. The van der Waals surface area contributed by atoms with Gasteiger partial charge in [-0.2, -0.15) is 0 Å². The average molecular weight is 388 g/mol. The number of ether oxygens (including phenoxy) is 2. The van der Waals surface area contributed by atoms with E-state index in [4.69, 9.17) is 9.47 Å². The summed E-state index contributed by atoms with van der Waals surface area (Å²) >= 11 is 0. The van der Waals surface area contributed by atoms with E-state index < -0.39 is 0 Å². The molecule has 6 nitrogen and oxygen atoms in total. The maximum atomic E-state index is 12.5. The number of hydrogen-bond acceptors (Lipinski definition) is 4. The molecule has 6 heteroatoms. The molecule has 154 valence electrons. The predicted octanol–water partition coefficient (Wildman–Crippen LogP) is 3.09. The number of aromatic nitrogens is 1. The van der Waals surface area contributed by atoms with Gasteiger partial charge in [0.15, 0.2) is 6.61 Å². The van der Waals surface area contributed by atoms with Crippen molar-refractivity contribution >= 4 is 16.8 Å². The third-order valence-corrected chi connectivity index (χ3v) is 5.22. The monoisotopic (exact) mass is 387 g/mol. The maximum absolute atomic E-state index is 12.5. The second-order valence-corrected chi connectivity index (χ2v) is 9.05. The Bertz CT molecular complexity index is 810. The molecule has 0 radical (unpaired) electrons. The molecule has 0 spiro atoms. The molecule has 1 aromatic heterocycles.